The number of aromatic nitrogens is 2. The van der Waals surface area contributed by atoms with Crippen LogP contribution in [0.2, 0.25) is 5.15 Å². The Hall–Kier alpha value is -2.46. The summed E-state index contributed by atoms with van der Waals surface area (Å²) >= 11 is 5.78. The molecule has 3 aromatic rings. The topological polar surface area (TPSA) is 54.9 Å². The van der Waals surface area contributed by atoms with Crippen LogP contribution in [0.3, 0.4) is 0 Å². The highest BCUT2D eigenvalue weighted by Crippen LogP contribution is 2.21. The van der Waals surface area contributed by atoms with Gasteiger partial charge in [0.05, 0.1) is 11.2 Å². The Labute approximate surface area is 120 Å². The predicted octanol–water partition coefficient (Wildman–Crippen LogP) is 3.54. The van der Waals surface area contributed by atoms with E-state index < -0.39 is 0 Å². The van der Waals surface area contributed by atoms with E-state index in [1.54, 1.807) is 12.3 Å². The smallest absolute Gasteiger partial charge is 0.255 e. The lowest BCUT2D eigenvalue weighted by Crippen LogP contribution is -2.12. The maximum atomic E-state index is 12.2. The molecule has 0 atom stereocenters. The van der Waals surface area contributed by atoms with Gasteiger partial charge in [-0.1, -0.05) is 29.8 Å². The molecule has 1 N–H and O–H groups in total. The van der Waals surface area contributed by atoms with Gasteiger partial charge >= 0.3 is 0 Å². The summed E-state index contributed by atoms with van der Waals surface area (Å²) in [5.41, 5.74) is 1.88. The molecular weight excluding hydrogens is 274 g/mol. The fraction of sp³-hybridized carbons (Fsp3) is 0. The molecule has 0 radical (unpaired) electrons. The van der Waals surface area contributed by atoms with Crippen molar-refractivity contribution in [2.45, 2.75) is 0 Å². The van der Waals surface area contributed by atoms with Gasteiger partial charge in [0, 0.05) is 23.3 Å². The molecule has 0 saturated heterocycles. The van der Waals surface area contributed by atoms with Crippen LogP contribution in [0.15, 0.2) is 54.9 Å². The Morgan fingerprint density at radius 1 is 1.05 bits per heavy atom. The lowest BCUT2D eigenvalue weighted by molar-refractivity contribution is 0.102. The van der Waals surface area contributed by atoms with E-state index in [0.29, 0.717) is 11.3 Å². The molecule has 2 aromatic heterocycles. The van der Waals surface area contributed by atoms with Gasteiger partial charge in [0.15, 0.2) is 0 Å². The number of benzene rings is 1. The summed E-state index contributed by atoms with van der Waals surface area (Å²) in [6, 6.07) is 12.6. The van der Waals surface area contributed by atoms with Gasteiger partial charge < -0.3 is 5.32 Å². The summed E-state index contributed by atoms with van der Waals surface area (Å²) in [5, 5.41) is 4.10. The quantitative estimate of drug-likeness (QED) is 0.732. The van der Waals surface area contributed by atoms with Crippen molar-refractivity contribution >= 4 is 34.1 Å². The molecule has 0 unspecified atom stereocenters. The number of para-hydroxylation sites is 1. The molecule has 0 aliphatic rings. The van der Waals surface area contributed by atoms with Crippen LogP contribution in [0.5, 0.6) is 0 Å². The normalized spacial score (nSPS) is 10.4. The van der Waals surface area contributed by atoms with E-state index >= 15 is 0 Å². The second-order valence-corrected chi connectivity index (χ2v) is 4.59. The zero-order valence-corrected chi connectivity index (χ0v) is 11.1. The van der Waals surface area contributed by atoms with Crippen molar-refractivity contribution in [3.63, 3.8) is 0 Å². The van der Waals surface area contributed by atoms with E-state index in [1.165, 1.54) is 12.3 Å². The highest BCUT2D eigenvalue weighted by molar-refractivity contribution is 6.29. The van der Waals surface area contributed by atoms with Gasteiger partial charge in [-0.3, -0.25) is 9.78 Å². The maximum Gasteiger partial charge on any atom is 0.255 e. The number of nitrogens with one attached hydrogen (secondary N) is 1. The molecule has 0 saturated carbocycles. The number of pyridine rings is 2. The second kappa shape index (κ2) is 5.27. The molecule has 2 heterocycles. The molecule has 1 aromatic carbocycles. The molecule has 0 aliphatic carbocycles. The standard InChI is InChI=1S/C15H10ClN3O/c16-13-9-11(6-8-17-13)15(20)19-12-5-1-3-10-4-2-7-18-14(10)12/h1-9H,(H,19,20). The highest BCUT2D eigenvalue weighted by Gasteiger charge is 2.09. The third-order valence-corrected chi connectivity index (χ3v) is 3.08. The van der Waals surface area contributed by atoms with E-state index in [0.717, 1.165) is 10.9 Å². The molecule has 20 heavy (non-hydrogen) atoms. The molecule has 3 rings (SSSR count). The van der Waals surface area contributed by atoms with Gasteiger partial charge in [-0.05, 0) is 24.3 Å². The molecule has 0 aliphatic heterocycles. The Morgan fingerprint density at radius 3 is 2.75 bits per heavy atom. The number of hydrogen-bond donors (Lipinski definition) is 1. The minimum atomic E-state index is -0.243. The monoisotopic (exact) mass is 283 g/mol. The zero-order chi connectivity index (χ0) is 13.9. The van der Waals surface area contributed by atoms with Crippen LogP contribution in [0.4, 0.5) is 5.69 Å². The number of amides is 1. The minimum absolute atomic E-state index is 0.243. The summed E-state index contributed by atoms with van der Waals surface area (Å²) in [6.07, 6.45) is 3.19. The van der Waals surface area contributed by atoms with Crippen molar-refractivity contribution in [1.29, 1.82) is 0 Å². The van der Waals surface area contributed by atoms with Crippen LogP contribution < -0.4 is 5.32 Å². The number of hydrogen-bond acceptors (Lipinski definition) is 3. The van der Waals surface area contributed by atoms with Crippen LogP contribution in [0.25, 0.3) is 10.9 Å². The van der Waals surface area contributed by atoms with Crippen LogP contribution in [0.1, 0.15) is 10.4 Å². The Kier molecular flexibility index (Phi) is 3.31. The number of nitrogens with zero attached hydrogens (tertiary/aromatic N) is 2. The maximum absolute atomic E-state index is 12.2. The van der Waals surface area contributed by atoms with Crippen LogP contribution in [-0.2, 0) is 0 Å². The van der Waals surface area contributed by atoms with E-state index in [4.69, 9.17) is 11.6 Å². The first-order valence-electron chi connectivity index (χ1n) is 6.01. The predicted molar refractivity (Wildman–Crippen MR) is 78.9 cm³/mol. The fourth-order valence-corrected chi connectivity index (χ4v) is 2.12. The van der Waals surface area contributed by atoms with Crippen LogP contribution in [0, 0.1) is 0 Å². The second-order valence-electron chi connectivity index (χ2n) is 4.20. The lowest BCUT2D eigenvalue weighted by atomic mass is 10.2. The summed E-state index contributed by atoms with van der Waals surface area (Å²) in [7, 11) is 0. The first-order valence-corrected chi connectivity index (χ1v) is 6.38. The van der Waals surface area contributed by atoms with Crippen molar-refractivity contribution < 1.29 is 4.79 Å². The molecule has 4 nitrogen and oxygen atoms in total. The molecule has 0 bridgehead atoms. The van der Waals surface area contributed by atoms with Gasteiger partial charge in [0.2, 0.25) is 0 Å². The molecule has 0 spiro atoms. The van der Waals surface area contributed by atoms with Gasteiger partial charge in [0.1, 0.15) is 5.15 Å². The number of halogens is 1. The van der Waals surface area contributed by atoms with Crippen molar-refractivity contribution in [1.82, 2.24) is 9.97 Å². The number of carbonyl (C=O) groups is 1. The van der Waals surface area contributed by atoms with E-state index in [1.807, 2.05) is 30.3 Å². The lowest BCUT2D eigenvalue weighted by Gasteiger charge is -2.08. The van der Waals surface area contributed by atoms with Gasteiger partial charge in [-0.2, -0.15) is 0 Å². The highest BCUT2D eigenvalue weighted by atomic mass is 35.5. The van der Waals surface area contributed by atoms with Crippen molar-refractivity contribution in [3.05, 3.63) is 65.6 Å². The molecular formula is C15H10ClN3O. The zero-order valence-electron chi connectivity index (χ0n) is 10.4. The number of fused-ring (bicyclic) bond motifs is 1. The molecule has 5 heteroatoms. The summed E-state index contributed by atoms with van der Waals surface area (Å²) in [4.78, 5) is 20.3. The van der Waals surface area contributed by atoms with E-state index in [9.17, 15) is 4.79 Å². The number of rotatable bonds is 2. The van der Waals surface area contributed by atoms with Gasteiger partial charge in [-0.15, -0.1) is 0 Å². The third kappa shape index (κ3) is 2.46. The van der Waals surface area contributed by atoms with Crippen molar-refractivity contribution in [3.8, 4) is 0 Å². The number of anilines is 1. The van der Waals surface area contributed by atoms with E-state index in [-0.39, 0.29) is 11.1 Å². The summed E-state index contributed by atoms with van der Waals surface area (Å²) in [6.45, 7) is 0. The molecule has 0 fully saturated rings. The summed E-state index contributed by atoms with van der Waals surface area (Å²) in [5.74, 6) is -0.243. The Morgan fingerprint density at radius 2 is 1.90 bits per heavy atom. The average molecular weight is 284 g/mol. The summed E-state index contributed by atoms with van der Waals surface area (Å²) < 4.78 is 0. The van der Waals surface area contributed by atoms with Crippen LogP contribution >= 0.6 is 11.6 Å². The fourth-order valence-electron chi connectivity index (χ4n) is 1.94. The minimum Gasteiger partial charge on any atom is -0.320 e. The molecule has 98 valence electrons. The first-order chi connectivity index (χ1) is 9.74. The largest absolute Gasteiger partial charge is 0.320 e. The Balaban J connectivity index is 1.95. The van der Waals surface area contributed by atoms with Crippen molar-refractivity contribution in [2.24, 2.45) is 0 Å². The Bertz CT molecular complexity index is 783. The van der Waals surface area contributed by atoms with Gasteiger partial charge in [0.25, 0.3) is 5.91 Å². The SMILES string of the molecule is O=C(Nc1cccc2cccnc12)c1ccnc(Cl)c1. The number of carbonyl (C=O) groups excluding carboxylic acids is 1. The van der Waals surface area contributed by atoms with Crippen molar-refractivity contribution in [2.75, 3.05) is 5.32 Å². The van der Waals surface area contributed by atoms with E-state index in [2.05, 4.69) is 15.3 Å². The third-order valence-electron chi connectivity index (χ3n) is 2.87. The molecule has 1 amide bonds. The van der Waals surface area contributed by atoms with Crippen LogP contribution in [-0.4, -0.2) is 15.9 Å². The van der Waals surface area contributed by atoms with Gasteiger partial charge in [-0.25, -0.2) is 4.98 Å². The first kappa shape index (κ1) is 12.6. The average Bonchev–Trinajstić information content (AvgIpc) is 2.47.